The Labute approximate surface area is 211 Å². The molecule has 0 saturated carbocycles. The topological polar surface area (TPSA) is 124 Å². The van der Waals surface area contributed by atoms with Crippen LogP contribution in [0.1, 0.15) is 40.1 Å². The average Bonchev–Trinajstić information content (AvgIpc) is 3.20. The smallest absolute Gasteiger partial charge is 0.337 e. The molecule has 11 heteroatoms. The van der Waals surface area contributed by atoms with Crippen molar-refractivity contribution in [1.82, 2.24) is 14.8 Å². The molecule has 1 aromatic heterocycles. The first-order valence-corrected chi connectivity index (χ1v) is 11.4. The van der Waals surface area contributed by atoms with Gasteiger partial charge in [0.1, 0.15) is 12.4 Å². The van der Waals surface area contributed by atoms with E-state index in [2.05, 4.69) is 5.32 Å². The third-order valence-electron chi connectivity index (χ3n) is 5.64. The van der Waals surface area contributed by atoms with Gasteiger partial charge in [-0.1, -0.05) is 23.7 Å². The molecule has 3 rings (SSSR count). The van der Waals surface area contributed by atoms with E-state index in [1.807, 2.05) is 0 Å². The number of primary amides is 1. The van der Waals surface area contributed by atoms with Gasteiger partial charge in [-0.2, -0.15) is 0 Å². The van der Waals surface area contributed by atoms with E-state index in [-0.39, 0.29) is 53.3 Å². The molecule has 3 amide bonds. The summed E-state index contributed by atoms with van der Waals surface area (Å²) in [6, 6.07) is 8.75. The molecule has 0 atom stereocenters. The van der Waals surface area contributed by atoms with Crippen LogP contribution in [0.3, 0.4) is 0 Å². The van der Waals surface area contributed by atoms with Gasteiger partial charge in [0.25, 0.3) is 5.91 Å². The minimum Gasteiger partial charge on any atom is -0.465 e. The lowest BCUT2D eigenvalue weighted by Gasteiger charge is -2.26. The normalized spacial score (nSPS) is 10.9. The molecule has 2 aromatic carbocycles. The lowest BCUT2D eigenvalue weighted by Crippen LogP contribution is -2.45. The van der Waals surface area contributed by atoms with E-state index in [4.69, 9.17) is 22.1 Å². The monoisotopic (exact) mass is 516 g/mol. The molecule has 0 aliphatic rings. The number of halogens is 2. The fourth-order valence-corrected chi connectivity index (χ4v) is 3.95. The van der Waals surface area contributed by atoms with Gasteiger partial charge in [0.2, 0.25) is 11.8 Å². The van der Waals surface area contributed by atoms with E-state index >= 15 is 0 Å². The first-order valence-electron chi connectivity index (χ1n) is 11.0. The van der Waals surface area contributed by atoms with Crippen LogP contribution in [0.4, 0.5) is 4.39 Å². The molecule has 0 unspecified atom stereocenters. The van der Waals surface area contributed by atoms with E-state index in [0.717, 1.165) is 0 Å². The standard InChI is InChI=1S/C25H26ClFN4O5/c1-14(2)31(12-21(32)29-10-16-5-4-6-19(26)23(16)27)22(33)13-30-11-18(24(28)34)17-9-15(25(35)36-3)7-8-20(17)30/h4-9,11,14H,10,12-13H2,1-3H3,(H2,28,34)(H,29,32). The highest BCUT2D eigenvalue weighted by atomic mass is 35.5. The van der Waals surface area contributed by atoms with Crippen molar-refractivity contribution in [2.45, 2.75) is 33.0 Å². The molecule has 190 valence electrons. The Morgan fingerprint density at radius 3 is 2.56 bits per heavy atom. The van der Waals surface area contributed by atoms with Crippen LogP contribution in [0.25, 0.3) is 10.9 Å². The number of methoxy groups -OCH3 is 1. The summed E-state index contributed by atoms with van der Waals surface area (Å²) in [6.45, 7) is 2.99. The number of fused-ring (bicyclic) bond motifs is 1. The molecule has 0 bridgehead atoms. The quantitative estimate of drug-likeness (QED) is 0.423. The van der Waals surface area contributed by atoms with E-state index in [1.165, 1.54) is 47.0 Å². The average molecular weight is 517 g/mol. The Balaban J connectivity index is 1.78. The molecule has 0 fully saturated rings. The number of nitrogens with two attached hydrogens (primary N) is 1. The summed E-state index contributed by atoms with van der Waals surface area (Å²) >= 11 is 5.77. The lowest BCUT2D eigenvalue weighted by atomic mass is 10.1. The Kier molecular flexibility index (Phi) is 8.31. The zero-order valence-electron chi connectivity index (χ0n) is 20.0. The second-order valence-corrected chi connectivity index (χ2v) is 8.77. The molecule has 1 heterocycles. The van der Waals surface area contributed by atoms with Crippen LogP contribution in [0.2, 0.25) is 5.02 Å². The van der Waals surface area contributed by atoms with Gasteiger partial charge < -0.3 is 25.3 Å². The van der Waals surface area contributed by atoms with Crippen molar-refractivity contribution in [2.24, 2.45) is 5.73 Å². The minimum absolute atomic E-state index is 0.0475. The predicted molar refractivity (Wildman–Crippen MR) is 132 cm³/mol. The van der Waals surface area contributed by atoms with Gasteiger partial charge in [0.15, 0.2) is 0 Å². The number of hydrogen-bond donors (Lipinski definition) is 2. The van der Waals surface area contributed by atoms with Crippen molar-refractivity contribution >= 4 is 46.2 Å². The van der Waals surface area contributed by atoms with Crippen LogP contribution in [0.15, 0.2) is 42.6 Å². The summed E-state index contributed by atoms with van der Waals surface area (Å²) in [7, 11) is 1.24. The molecule has 0 saturated heterocycles. The molecule has 0 aliphatic carbocycles. The van der Waals surface area contributed by atoms with Gasteiger partial charge in [-0.15, -0.1) is 0 Å². The van der Waals surface area contributed by atoms with Crippen LogP contribution in [0.5, 0.6) is 0 Å². The van der Waals surface area contributed by atoms with Crippen molar-refractivity contribution in [3.63, 3.8) is 0 Å². The number of hydrogen-bond acceptors (Lipinski definition) is 5. The largest absolute Gasteiger partial charge is 0.465 e. The summed E-state index contributed by atoms with van der Waals surface area (Å²) in [4.78, 5) is 51.0. The molecule has 0 radical (unpaired) electrons. The summed E-state index contributed by atoms with van der Waals surface area (Å²) in [5, 5.41) is 2.95. The fourth-order valence-electron chi connectivity index (χ4n) is 3.75. The molecule has 0 aliphatic heterocycles. The maximum Gasteiger partial charge on any atom is 0.337 e. The predicted octanol–water partition coefficient (Wildman–Crippen LogP) is 2.87. The molecular weight excluding hydrogens is 491 g/mol. The molecule has 3 N–H and O–H groups in total. The van der Waals surface area contributed by atoms with Gasteiger partial charge >= 0.3 is 5.97 Å². The molecule has 36 heavy (non-hydrogen) atoms. The Morgan fingerprint density at radius 2 is 1.92 bits per heavy atom. The third kappa shape index (κ3) is 5.83. The van der Waals surface area contributed by atoms with E-state index in [1.54, 1.807) is 26.0 Å². The highest BCUT2D eigenvalue weighted by Crippen LogP contribution is 2.24. The second kappa shape index (κ2) is 11.2. The van der Waals surface area contributed by atoms with E-state index in [9.17, 15) is 23.6 Å². The van der Waals surface area contributed by atoms with E-state index in [0.29, 0.717) is 10.9 Å². The van der Waals surface area contributed by atoms with Gasteiger partial charge in [-0.25, -0.2) is 9.18 Å². The maximum atomic E-state index is 14.1. The van der Waals surface area contributed by atoms with Crippen LogP contribution >= 0.6 is 11.6 Å². The summed E-state index contributed by atoms with van der Waals surface area (Å²) in [5.41, 5.74) is 6.61. The number of carbonyl (C=O) groups is 4. The van der Waals surface area contributed by atoms with Crippen molar-refractivity contribution < 1.29 is 28.3 Å². The number of nitrogens with one attached hydrogen (secondary N) is 1. The second-order valence-electron chi connectivity index (χ2n) is 8.36. The van der Waals surface area contributed by atoms with Crippen LogP contribution < -0.4 is 11.1 Å². The number of nitrogens with zero attached hydrogens (tertiary/aromatic N) is 2. The molecule has 9 nitrogen and oxygen atoms in total. The summed E-state index contributed by atoms with van der Waals surface area (Å²) in [5.74, 6) is -2.78. The fraction of sp³-hybridized carbons (Fsp3) is 0.280. The number of aromatic nitrogens is 1. The SMILES string of the molecule is COC(=O)c1ccc2c(c1)c(C(N)=O)cn2CC(=O)N(CC(=O)NCc1cccc(Cl)c1F)C(C)C. The summed E-state index contributed by atoms with van der Waals surface area (Å²) in [6.07, 6.45) is 1.44. The number of rotatable bonds is 9. The number of ether oxygens (including phenoxy) is 1. The number of amides is 3. The molecular formula is C25H26ClFN4O5. The highest BCUT2D eigenvalue weighted by Gasteiger charge is 2.23. The number of esters is 1. The lowest BCUT2D eigenvalue weighted by molar-refractivity contribution is -0.138. The zero-order valence-corrected chi connectivity index (χ0v) is 20.8. The maximum absolute atomic E-state index is 14.1. The third-order valence-corrected chi connectivity index (χ3v) is 5.93. The van der Waals surface area contributed by atoms with Gasteiger partial charge in [-0.3, -0.25) is 14.4 Å². The van der Waals surface area contributed by atoms with Crippen molar-refractivity contribution in [3.8, 4) is 0 Å². The number of carbonyl (C=O) groups excluding carboxylic acids is 4. The summed E-state index contributed by atoms with van der Waals surface area (Å²) < 4.78 is 20.3. The van der Waals surface area contributed by atoms with Crippen molar-refractivity contribution in [3.05, 3.63) is 70.1 Å². The minimum atomic E-state index is -0.721. The first kappa shape index (κ1) is 26.7. The van der Waals surface area contributed by atoms with Gasteiger partial charge in [0, 0.05) is 35.2 Å². The van der Waals surface area contributed by atoms with Crippen LogP contribution in [-0.2, 0) is 27.4 Å². The Morgan fingerprint density at radius 1 is 1.19 bits per heavy atom. The van der Waals surface area contributed by atoms with Gasteiger partial charge in [-0.05, 0) is 38.1 Å². The van der Waals surface area contributed by atoms with Crippen LogP contribution in [0, 0.1) is 5.82 Å². The number of benzene rings is 2. The Hall–Kier alpha value is -3.92. The van der Waals surface area contributed by atoms with Crippen LogP contribution in [-0.4, -0.2) is 52.9 Å². The molecule has 0 spiro atoms. The van der Waals surface area contributed by atoms with E-state index < -0.39 is 23.6 Å². The zero-order chi connectivity index (χ0) is 26.6. The van der Waals surface area contributed by atoms with Gasteiger partial charge in [0.05, 0.1) is 29.8 Å². The first-order chi connectivity index (χ1) is 17.0. The van der Waals surface area contributed by atoms with Crippen molar-refractivity contribution in [1.29, 1.82) is 0 Å². The highest BCUT2D eigenvalue weighted by molar-refractivity contribution is 6.30. The molecule has 3 aromatic rings. The Bertz CT molecular complexity index is 1340. The van der Waals surface area contributed by atoms with Crippen molar-refractivity contribution in [2.75, 3.05) is 13.7 Å².